The molecule has 0 radical (unpaired) electrons. The zero-order chi connectivity index (χ0) is 13.1. The van der Waals surface area contributed by atoms with Crippen molar-refractivity contribution in [3.8, 4) is 0 Å². The molecule has 2 nitrogen and oxygen atoms in total. The number of rotatable bonds is 3. The van der Waals surface area contributed by atoms with Crippen LogP contribution in [0.4, 0.5) is 17.1 Å². The van der Waals surface area contributed by atoms with Crippen LogP contribution in [0.5, 0.6) is 0 Å². The van der Waals surface area contributed by atoms with Crippen molar-refractivity contribution in [2.24, 2.45) is 0 Å². The number of aryl methyl sites for hydroxylation is 2. The first-order chi connectivity index (χ1) is 8.56. The standard InChI is InChI=1S/C16H20N2/c1-12-8-9-15(10-13(12)2)17-14-6-5-7-16(11-14)18(3)4/h5-11,17H,1-4H3. The van der Waals surface area contributed by atoms with Crippen LogP contribution in [-0.4, -0.2) is 14.1 Å². The molecule has 18 heavy (non-hydrogen) atoms. The van der Waals surface area contributed by atoms with Crippen LogP contribution in [0.25, 0.3) is 0 Å². The molecule has 0 unspecified atom stereocenters. The van der Waals surface area contributed by atoms with Gasteiger partial charge in [-0.3, -0.25) is 0 Å². The van der Waals surface area contributed by atoms with Crippen LogP contribution in [0.15, 0.2) is 42.5 Å². The third kappa shape index (κ3) is 2.83. The van der Waals surface area contributed by atoms with Crippen LogP contribution in [0.2, 0.25) is 0 Å². The van der Waals surface area contributed by atoms with Gasteiger partial charge in [0, 0.05) is 31.2 Å². The number of anilines is 3. The van der Waals surface area contributed by atoms with E-state index >= 15 is 0 Å². The van der Waals surface area contributed by atoms with Crippen molar-refractivity contribution in [1.82, 2.24) is 0 Å². The Hall–Kier alpha value is -1.96. The lowest BCUT2D eigenvalue weighted by Crippen LogP contribution is -2.08. The highest BCUT2D eigenvalue weighted by molar-refractivity contribution is 5.65. The summed E-state index contributed by atoms with van der Waals surface area (Å²) in [4.78, 5) is 2.10. The molecule has 0 bridgehead atoms. The topological polar surface area (TPSA) is 15.3 Å². The predicted octanol–water partition coefficient (Wildman–Crippen LogP) is 4.11. The molecule has 2 aromatic rings. The quantitative estimate of drug-likeness (QED) is 0.868. The van der Waals surface area contributed by atoms with E-state index in [1.54, 1.807) is 0 Å². The van der Waals surface area contributed by atoms with Gasteiger partial charge in [0.2, 0.25) is 0 Å². The summed E-state index contributed by atoms with van der Waals surface area (Å²) < 4.78 is 0. The van der Waals surface area contributed by atoms with Crippen LogP contribution in [0.1, 0.15) is 11.1 Å². The lowest BCUT2D eigenvalue weighted by Gasteiger charge is -2.15. The largest absolute Gasteiger partial charge is 0.378 e. The van der Waals surface area contributed by atoms with Gasteiger partial charge >= 0.3 is 0 Å². The second-order valence-electron chi connectivity index (χ2n) is 4.87. The lowest BCUT2D eigenvalue weighted by molar-refractivity contribution is 1.13. The summed E-state index contributed by atoms with van der Waals surface area (Å²) >= 11 is 0. The Morgan fingerprint density at radius 3 is 2.22 bits per heavy atom. The SMILES string of the molecule is Cc1ccc(Nc2cccc(N(C)C)c2)cc1C. The van der Waals surface area contributed by atoms with E-state index in [1.165, 1.54) is 16.8 Å². The number of nitrogens with zero attached hydrogens (tertiary/aromatic N) is 1. The Morgan fingerprint density at radius 1 is 0.833 bits per heavy atom. The van der Waals surface area contributed by atoms with Gasteiger partial charge in [0.25, 0.3) is 0 Å². The Balaban J connectivity index is 2.23. The van der Waals surface area contributed by atoms with Crippen LogP contribution in [-0.2, 0) is 0 Å². The lowest BCUT2D eigenvalue weighted by atomic mass is 10.1. The van der Waals surface area contributed by atoms with Crippen molar-refractivity contribution in [2.45, 2.75) is 13.8 Å². The first-order valence-electron chi connectivity index (χ1n) is 6.18. The molecule has 2 rings (SSSR count). The third-order valence-corrected chi connectivity index (χ3v) is 3.16. The van der Waals surface area contributed by atoms with Crippen LogP contribution in [0, 0.1) is 13.8 Å². The average Bonchev–Trinajstić information content (AvgIpc) is 2.34. The fraction of sp³-hybridized carbons (Fsp3) is 0.250. The summed E-state index contributed by atoms with van der Waals surface area (Å²) in [6, 6.07) is 14.8. The molecule has 2 aromatic carbocycles. The second-order valence-corrected chi connectivity index (χ2v) is 4.87. The third-order valence-electron chi connectivity index (χ3n) is 3.16. The summed E-state index contributed by atoms with van der Waals surface area (Å²) in [7, 11) is 4.10. The predicted molar refractivity (Wildman–Crippen MR) is 80.0 cm³/mol. The Bertz CT molecular complexity index is 545. The summed E-state index contributed by atoms with van der Waals surface area (Å²) in [5, 5.41) is 3.44. The molecule has 0 saturated heterocycles. The van der Waals surface area contributed by atoms with Gasteiger partial charge < -0.3 is 10.2 Å². The molecule has 0 amide bonds. The van der Waals surface area contributed by atoms with Crippen molar-refractivity contribution in [2.75, 3.05) is 24.3 Å². The number of hydrogen-bond donors (Lipinski definition) is 1. The zero-order valence-electron chi connectivity index (χ0n) is 11.5. The highest BCUT2D eigenvalue weighted by Crippen LogP contribution is 2.22. The first-order valence-corrected chi connectivity index (χ1v) is 6.18. The normalized spacial score (nSPS) is 10.2. The minimum Gasteiger partial charge on any atom is -0.378 e. The van der Waals surface area contributed by atoms with Gasteiger partial charge in [-0.1, -0.05) is 12.1 Å². The fourth-order valence-electron chi connectivity index (χ4n) is 1.85. The van der Waals surface area contributed by atoms with Gasteiger partial charge in [0.15, 0.2) is 0 Å². The maximum absolute atomic E-state index is 3.44. The van der Waals surface area contributed by atoms with Gasteiger partial charge in [-0.05, 0) is 55.3 Å². The van der Waals surface area contributed by atoms with Crippen LogP contribution < -0.4 is 10.2 Å². The molecule has 0 aliphatic rings. The maximum atomic E-state index is 3.44. The number of nitrogens with one attached hydrogen (secondary N) is 1. The van der Waals surface area contributed by atoms with E-state index in [0.29, 0.717) is 0 Å². The maximum Gasteiger partial charge on any atom is 0.0405 e. The first kappa shape index (κ1) is 12.5. The van der Waals surface area contributed by atoms with Crippen molar-refractivity contribution in [3.63, 3.8) is 0 Å². The van der Waals surface area contributed by atoms with E-state index in [0.717, 1.165) is 11.4 Å². The highest BCUT2D eigenvalue weighted by atomic mass is 15.1. The summed E-state index contributed by atoms with van der Waals surface area (Å²) in [5.74, 6) is 0. The molecule has 0 atom stereocenters. The number of hydrogen-bond acceptors (Lipinski definition) is 2. The molecular formula is C16H20N2. The monoisotopic (exact) mass is 240 g/mol. The molecule has 0 spiro atoms. The van der Waals surface area contributed by atoms with E-state index in [-0.39, 0.29) is 0 Å². The molecule has 0 aliphatic heterocycles. The van der Waals surface area contributed by atoms with Crippen LogP contribution >= 0.6 is 0 Å². The van der Waals surface area contributed by atoms with E-state index in [1.807, 2.05) is 0 Å². The smallest absolute Gasteiger partial charge is 0.0405 e. The Kier molecular flexibility index (Phi) is 3.56. The average molecular weight is 240 g/mol. The molecule has 0 heterocycles. The minimum absolute atomic E-state index is 1.12. The molecular weight excluding hydrogens is 220 g/mol. The fourth-order valence-corrected chi connectivity index (χ4v) is 1.85. The molecule has 94 valence electrons. The Labute approximate surface area is 109 Å². The van der Waals surface area contributed by atoms with E-state index in [2.05, 4.69) is 80.6 Å². The van der Waals surface area contributed by atoms with E-state index < -0.39 is 0 Å². The van der Waals surface area contributed by atoms with Gasteiger partial charge in [-0.15, -0.1) is 0 Å². The zero-order valence-corrected chi connectivity index (χ0v) is 11.5. The molecule has 0 saturated carbocycles. The Morgan fingerprint density at radius 2 is 1.56 bits per heavy atom. The second kappa shape index (κ2) is 5.13. The van der Waals surface area contributed by atoms with Crippen molar-refractivity contribution in [3.05, 3.63) is 53.6 Å². The summed E-state index contributed by atoms with van der Waals surface area (Å²) in [6.07, 6.45) is 0. The van der Waals surface area contributed by atoms with Gasteiger partial charge in [0.1, 0.15) is 0 Å². The minimum atomic E-state index is 1.12. The molecule has 0 aliphatic carbocycles. The van der Waals surface area contributed by atoms with Gasteiger partial charge in [-0.25, -0.2) is 0 Å². The highest BCUT2D eigenvalue weighted by Gasteiger charge is 2.00. The summed E-state index contributed by atoms with van der Waals surface area (Å²) in [6.45, 7) is 4.27. The van der Waals surface area contributed by atoms with E-state index in [4.69, 9.17) is 0 Å². The molecule has 1 N–H and O–H groups in total. The van der Waals surface area contributed by atoms with Crippen LogP contribution in [0.3, 0.4) is 0 Å². The van der Waals surface area contributed by atoms with Gasteiger partial charge in [-0.2, -0.15) is 0 Å². The summed E-state index contributed by atoms with van der Waals surface area (Å²) in [5.41, 5.74) is 6.08. The molecule has 0 fully saturated rings. The van der Waals surface area contributed by atoms with Crippen molar-refractivity contribution >= 4 is 17.1 Å². The van der Waals surface area contributed by atoms with E-state index in [9.17, 15) is 0 Å². The van der Waals surface area contributed by atoms with Gasteiger partial charge in [0.05, 0.1) is 0 Å². The molecule has 2 heteroatoms. The van der Waals surface area contributed by atoms with Crippen molar-refractivity contribution in [1.29, 1.82) is 0 Å². The van der Waals surface area contributed by atoms with Crippen molar-refractivity contribution < 1.29 is 0 Å². The molecule has 0 aromatic heterocycles. The number of benzene rings is 2.